The summed E-state index contributed by atoms with van der Waals surface area (Å²) in [5, 5.41) is 1.21. The van der Waals surface area contributed by atoms with Crippen molar-refractivity contribution in [2.75, 3.05) is 13.1 Å². The highest BCUT2D eigenvalue weighted by Crippen LogP contribution is 2.45. The highest BCUT2D eigenvalue weighted by molar-refractivity contribution is 14.1. The number of unbranched alkanes of at least 4 members (excludes halogenated alkanes) is 1. The van der Waals surface area contributed by atoms with Gasteiger partial charge in [0.15, 0.2) is 5.17 Å². The highest BCUT2D eigenvalue weighted by Gasteiger charge is 2.24. The average Bonchev–Trinajstić information content (AvgIpc) is 2.59. The lowest BCUT2D eigenvalue weighted by atomic mass is 10.1. The molecule has 0 atom stereocenters. The maximum absolute atomic E-state index is 4.95. The minimum absolute atomic E-state index is 1.14. The van der Waals surface area contributed by atoms with E-state index in [9.17, 15) is 0 Å². The fraction of sp³-hybridized carbons (Fsp3) is 0.500. The van der Waals surface area contributed by atoms with E-state index >= 15 is 0 Å². The van der Waals surface area contributed by atoms with E-state index in [0.717, 1.165) is 18.8 Å². The Balaban J connectivity index is 1.94. The van der Waals surface area contributed by atoms with Crippen molar-refractivity contribution >= 4 is 50.1 Å². The van der Waals surface area contributed by atoms with Gasteiger partial charge in [0, 0.05) is 27.1 Å². The van der Waals surface area contributed by atoms with E-state index in [2.05, 4.69) is 58.7 Å². The van der Waals surface area contributed by atoms with Gasteiger partial charge in [-0.05, 0) is 60.8 Å². The number of halogens is 1. The first-order chi connectivity index (χ1) is 10.8. The maximum Gasteiger partial charge on any atom is 0.169 e. The van der Waals surface area contributed by atoms with Gasteiger partial charge in [0.2, 0.25) is 0 Å². The van der Waals surface area contributed by atoms with Gasteiger partial charge in [-0.2, -0.15) is 0 Å². The molecule has 0 radical (unpaired) electrons. The van der Waals surface area contributed by atoms with Gasteiger partial charge in [0.05, 0.1) is 5.69 Å². The van der Waals surface area contributed by atoms with Gasteiger partial charge in [-0.1, -0.05) is 43.3 Å². The summed E-state index contributed by atoms with van der Waals surface area (Å²) in [5.41, 5.74) is 2.45. The largest absolute Gasteiger partial charge is 0.351 e. The van der Waals surface area contributed by atoms with Crippen LogP contribution in [0.3, 0.4) is 0 Å². The molecule has 22 heavy (non-hydrogen) atoms. The van der Waals surface area contributed by atoms with Crippen molar-refractivity contribution in [3.05, 3.63) is 33.4 Å². The zero-order chi connectivity index (χ0) is 15.4. The Hall–Kier alpha value is -0.490. The number of aliphatic imine (C=N–C) groups is 1. The number of hydrogen-bond donors (Lipinski definition) is 0. The van der Waals surface area contributed by atoms with Crippen LogP contribution in [0, 0.1) is 0 Å². The van der Waals surface area contributed by atoms with Crippen LogP contribution in [0.4, 0.5) is 5.69 Å². The van der Waals surface area contributed by atoms with E-state index in [4.69, 9.17) is 4.99 Å². The molecule has 1 aromatic carbocycles. The predicted octanol–water partition coefficient (Wildman–Crippen LogP) is 6.20. The second-order valence-electron chi connectivity index (χ2n) is 5.90. The highest BCUT2D eigenvalue weighted by atomic mass is 127. The number of hydrogen-bond acceptors (Lipinski definition) is 3. The molecule has 0 amide bonds. The van der Waals surface area contributed by atoms with Gasteiger partial charge in [-0.25, -0.2) is 4.99 Å². The molecule has 0 N–H and O–H groups in total. The SMILES string of the molecule is CCCC/C(I)=C1\SC(N2CCCCC2)=Nc2ccccc21. The van der Waals surface area contributed by atoms with E-state index in [1.165, 1.54) is 57.7 Å². The molecule has 4 heteroatoms. The molecule has 0 spiro atoms. The lowest BCUT2D eigenvalue weighted by Crippen LogP contribution is -2.34. The molecule has 3 rings (SSSR count). The van der Waals surface area contributed by atoms with Crippen LogP contribution in [0.2, 0.25) is 0 Å². The standard InChI is InChI=1S/C18H23IN2S/c1-2-3-10-15(19)17-14-9-5-6-11-16(14)20-18(22-17)21-12-7-4-8-13-21/h5-6,9,11H,2-4,7-8,10,12-13H2,1H3/b17-15+. The minimum Gasteiger partial charge on any atom is -0.351 e. The molecule has 1 fully saturated rings. The Kier molecular flexibility index (Phi) is 5.85. The Morgan fingerprint density at radius 3 is 2.77 bits per heavy atom. The number of amidine groups is 1. The topological polar surface area (TPSA) is 15.6 Å². The van der Waals surface area contributed by atoms with E-state index in [1.54, 1.807) is 0 Å². The summed E-state index contributed by atoms with van der Waals surface area (Å²) < 4.78 is 1.49. The van der Waals surface area contributed by atoms with E-state index in [0.29, 0.717) is 0 Å². The molecule has 118 valence electrons. The molecule has 1 aromatic rings. The molecule has 0 aromatic heterocycles. The molecule has 0 bridgehead atoms. The smallest absolute Gasteiger partial charge is 0.169 e. The van der Waals surface area contributed by atoms with Crippen molar-refractivity contribution < 1.29 is 0 Å². The van der Waals surface area contributed by atoms with Crippen LogP contribution < -0.4 is 0 Å². The molecular formula is C18H23IN2S. The van der Waals surface area contributed by atoms with Gasteiger partial charge >= 0.3 is 0 Å². The van der Waals surface area contributed by atoms with Crippen LogP contribution in [-0.4, -0.2) is 23.2 Å². The van der Waals surface area contributed by atoms with Gasteiger partial charge < -0.3 is 4.90 Å². The third kappa shape index (κ3) is 3.70. The monoisotopic (exact) mass is 426 g/mol. The van der Waals surface area contributed by atoms with Crippen LogP contribution in [0.15, 0.2) is 32.8 Å². The lowest BCUT2D eigenvalue weighted by molar-refractivity contribution is 0.348. The van der Waals surface area contributed by atoms with Crippen molar-refractivity contribution in [3.8, 4) is 0 Å². The fourth-order valence-electron chi connectivity index (χ4n) is 2.90. The predicted molar refractivity (Wildman–Crippen MR) is 107 cm³/mol. The number of nitrogens with zero attached hydrogens (tertiary/aromatic N) is 2. The summed E-state index contributed by atoms with van der Waals surface area (Å²) in [4.78, 5) is 8.86. The Bertz CT molecular complexity index is 589. The maximum atomic E-state index is 4.95. The van der Waals surface area contributed by atoms with Crippen LogP contribution in [0.25, 0.3) is 4.91 Å². The third-order valence-corrected chi connectivity index (χ3v) is 6.83. The van der Waals surface area contributed by atoms with Crippen molar-refractivity contribution in [1.82, 2.24) is 4.90 Å². The van der Waals surface area contributed by atoms with E-state index in [1.807, 2.05) is 11.8 Å². The normalized spacial score (nSPS) is 20.5. The molecular weight excluding hydrogens is 403 g/mol. The number of piperidine rings is 1. The van der Waals surface area contributed by atoms with Crippen molar-refractivity contribution in [3.63, 3.8) is 0 Å². The quantitative estimate of drug-likeness (QED) is 0.535. The van der Waals surface area contributed by atoms with Crippen LogP contribution in [0.5, 0.6) is 0 Å². The molecule has 0 saturated carbocycles. The molecule has 2 aliphatic rings. The summed E-state index contributed by atoms with van der Waals surface area (Å²) in [5.74, 6) is 0. The summed E-state index contributed by atoms with van der Waals surface area (Å²) >= 11 is 4.43. The number of likely N-dealkylation sites (tertiary alicyclic amines) is 1. The number of rotatable bonds is 3. The van der Waals surface area contributed by atoms with E-state index in [-0.39, 0.29) is 0 Å². The number of benzene rings is 1. The van der Waals surface area contributed by atoms with Gasteiger partial charge in [0.1, 0.15) is 0 Å². The number of thioether (sulfide) groups is 1. The van der Waals surface area contributed by atoms with Gasteiger partial charge in [0.25, 0.3) is 0 Å². The number of fused-ring (bicyclic) bond motifs is 1. The van der Waals surface area contributed by atoms with Crippen LogP contribution in [0.1, 0.15) is 51.0 Å². The summed E-state index contributed by atoms with van der Waals surface area (Å²) in [6, 6.07) is 8.61. The molecule has 0 unspecified atom stereocenters. The van der Waals surface area contributed by atoms with Crippen molar-refractivity contribution in [2.24, 2.45) is 4.99 Å². The Morgan fingerprint density at radius 1 is 1.23 bits per heavy atom. The van der Waals surface area contributed by atoms with Gasteiger partial charge in [-0.3, -0.25) is 0 Å². The first-order valence-corrected chi connectivity index (χ1v) is 10.2. The number of para-hydroxylation sites is 1. The minimum atomic E-state index is 1.14. The summed E-state index contributed by atoms with van der Waals surface area (Å²) in [7, 11) is 0. The zero-order valence-corrected chi connectivity index (χ0v) is 16.1. The Morgan fingerprint density at radius 2 is 2.00 bits per heavy atom. The fourth-order valence-corrected chi connectivity index (χ4v) is 5.04. The Labute approximate surface area is 151 Å². The average molecular weight is 426 g/mol. The molecule has 2 nitrogen and oxygen atoms in total. The number of allylic oxidation sites excluding steroid dienone is 1. The molecule has 1 saturated heterocycles. The first kappa shape index (κ1) is 16.4. The van der Waals surface area contributed by atoms with Crippen LogP contribution >= 0.6 is 34.4 Å². The lowest BCUT2D eigenvalue weighted by Gasteiger charge is -2.32. The van der Waals surface area contributed by atoms with Crippen LogP contribution in [-0.2, 0) is 0 Å². The molecule has 2 aliphatic heterocycles. The second-order valence-corrected chi connectivity index (χ2v) is 8.18. The summed E-state index contributed by atoms with van der Waals surface area (Å²) in [6.07, 6.45) is 7.66. The third-order valence-electron chi connectivity index (χ3n) is 4.18. The summed E-state index contributed by atoms with van der Waals surface area (Å²) in [6.45, 7) is 4.58. The van der Waals surface area contributed by atoms with Gasteiger partial charge in [-0.15, -0.1) is 0 Å². The molecule has 2 heterocycles. The van der Waals surface area contributed by atoms with E-state index < -0.39 is 0 Å². The molecule has 0 aliphatic carbocycles. The van der Waals surface area contributed by atoms with Crippen molar-refractivity contribution in [2.45, 2.75) is 45.4 Å². The zero-order valence-electron chi connectivity index (χ0n) is 13.1. The van der Waals surface area contributed by atoms with Crippen molar-refractivity contribution in [1.29, 1.82) is 0 Å². The first-order valence-electron chi connectivity index (χ1n) is 8.29. The second kappa shape index (κ2) is 7.86.